The van der Waals surface area contributed by atoms with Crippen LogP contribution in [0, 0.1) is 6.92 Å². The summed E-state index contributed by atoms with van der Waals surface area (Å²) in [4.78, 5) is 12.9. The number of aryl methyl sites for hydroxylation is 2. The number of hydrogen-bond donors (Lipinski definition) is 1. The molecule has 0 aliphatic heterocycles. The van der Waals surface area contributed by atoms with Gasteiger partial charge in [-0.2, -0.15) is 5.10 Å². The average molecular weight is 291 g/mol. The number of nitrogens with one attached hydrogen (secondary N) is 1. The molecule has 0 radical (unpaired) electrons. The second-order valence-electron chi connectivity index (χ2n) is 4.42. The van der Waals surface area contributed by atoms with Gasteiger partial charge in [-0.05, 0) is 44.2 Å². The molecule has 2 aromatic rings. The summed E-state index contributed by atoms with van der Waals surface area (Å²) in [7, 11) is -1.01. The third-order valence-electron chi connectivity index (χ3n) is 2.88. The first-order valence-corrected chi connectivity index (χ1v) is 7.86. The molecule has 0 bridgehead atoms. The van der Waals surface area contributed by atoms with E-state index in [4.69, 9.17) is 0 Å². The van der Waals surface area contributed by atoms with Crippen LogP contribution in [0.5, 0.6) is 0 Å². The smallest absolute Gasteiger partial charge is 0.273 e. The fraction of sp³-hybridized carbons (Fsp3) is 0.286. The monoisotopic (exact) mass is 291 g/mol. The van der Waals surface area contributed by atoms with Gasteiger partial charge in [-0.15, -0.1) is 0 Å². The number of carbonyl (C=O) groups is 1. The first kappa shape index (κ1) is 14.5. The molecule has 1 N–H and O–H groups in total. The van der Waals surface area contributed by atoms with Gasteiger partial charge in [0.05, 0.1) is 5.69 Å². The van der Waals surface area contributed by atoms with Gasteiger partial charge in [0.1, 0.15) is 5.69 Å². The van der Waals surface area contributed by atoms with Gasteiger partial charge in [-0.3, -0.25) is 13.7 Å². The second-order valence-corrected chi connectivity index (χ2v) is 5.80. The Balaban J connectivity index is 2.16. The highest BCUT2D eigenvalue weighted by atomic mass is 32.2. The number of hydrogen-bond acceptors (Lipinski definition) is 3. The van der Waals surface area contributed by atoms with Crippen LogP contribution in [0.3, 0.4) is 0 Å². The number of benzene rings is 1. The maximum atomic E-state index is 12.2. The van der Waals surface area contributed by atoms with Crippen molar-refractivity contribution in [2.45, 2.75) is 25.3 Å². The Labute approximate surface area is 120 Å². The predicted molar refractivity (Wildman–Crippen MR) is 79.4 cm³/mol. The summed E-state index contributed by atoms with van der Waals surface area (Å²) >= 11 is 0. The molecule has 0 aliphatic carbocycles. The molecule has 1 amide bonds. The molecule has 0 spiro atoms. The maximum absolute atomic E-state index is 12.2. The topological polar surface area (TPSA) is 64.0 Å². The minimum atomic E-state index is -1.01. The zero-order valence-corrected chi connectivity index (χ0v) is 12.5. The van der Waals surface area contributed by atoms with Gasteiger partial charge in [-0.25, -0.2) is 0 Å². The molecule has 1 unspecified atom stereocenters. The van der Waals surface area contributed by atoms with Gasteiger partial charge < -0.3 is 5.32 Å². The summed E-state index contributed by atoms with van der Waals surface area (Å²) in [6, 6.07) is 8.73. The van der Waals surface area contributed by atoms with Crippen LogP contribution in [0.4, 0.5) is 5.69 Å². The Morgan fingerprint density at radius 2 is 2.00 bits per heavy atom. The van der Waals surface area contributed by atoms with Gasteiger partial charge >= 0.3 is 0 Å². The third-order valence-corrected chi connectivity index (χ3v) is 3.81. The number of amides is 1. The Morgan fingerprint density at radius 3 is 2.55 bits per heavy atom. The van der Waals surface area contributed by atoms with E-state index in [1.165, 1.54) is 0 Å². The number of carbonyl (C=O) groups excluding carboxylic acids is 1. The SMILES string of the molecule is CCn1nc(C)cc1C(=O)Nc1ccc(S(C)=O)cc1. The minimum Gasteiger partial charge on any atom is -0.321 e. The molecular formula is C14H17N3O2S. The van der Waals surface area contributed by atoms with E-state index in [9.17, 15) is 9.00 Å². The average Bonchev–Trinajstić information content (AvgIpc) is 2.80. The Hall–Kier alpha value is -1.95. The van der Waals surface area contributed by atoms with Crippen LogP contribution in [0.1, 0.15) is 23.1 Å². The van der Waals surface area contributed by atoms with Crippen molar-refractivity contribution in [1.82, 2.24) is 9.78 Å². The lowest BCUT2D eigenvalue weighted by Gasteiger charge is -2.07. The van der Waals surface area contributed by atoms with Crippen molar-refractivity contribution in [2.75, 3.05) is 11.6 Å². The lowest BCUT2D eigenvalue weighted by Crippen LogP contribution is -2.17. The molecule has 1 heterocycles. The van der Waals surface area contributed by atoms with E-state index in [2.05, 4.69) is 10.4 Å². The van der Waals surface area contributed by atoms with Gasteiger partial charge in [0, 0.05) is 34.2 Å². The van der Waals surface area contributed by atoms with Crippen LogP contribution >= 0.6 is 0 Å². The highest BCUT2D eigenvalue weighted by Crippen LogP contribution is 2.14. The normalized spacial score (nSPS) is 12.2. The zero-order chi connectivity index (χ0) is 14.7. The summed E-state index contributed by atoms with van der Waals surface area (Å²) in [6.45, 7) is 4.44. The van der Waals surface area contributed by atoms with Crippen molar-refractivity contribution in [3.05, 3.63) is 41.7 Å². The first-order valence-electron chi connectivity index (χ1n) is 6.30. The molecule has 0 fully saturated rings. The van der Waals surface area contributed by atoms with E-state index in [-0.39, 0.29) is 5.91 Å². The van der Waals surface area contributed by atoms with Crippen LogP contribution in [0.15, 0.2) is 35.2 Å². The summed E-state index contributed by atoms with van der Waals surface area (Å²) in [5.41, 5.74) is 2.02. The fourth-order valence-corrected chi connectivity index (χ4v) is 2.41. The van der Waals surface area contributed by atoms with E-state index in [0.29, 0.717) is 17.9 Å². The van der Waals surface area contributed by atoms with Crippen molar-refractivity contribution in [3.63, 3.8) is 0 Å². The van der Waals surface area contributed by atoms with Crippen LogP contribution in [-0.2, 0) is 17.3 Å². The largest absolute Gasteiger partial charge is 0.321 e. The Bertz CT molecular complexity index is 647. The van der Waals surface area contributed by atoms with Gasteiger partial charge in [0.15, 0.2) is 0 Å². The third kappa shape index (κ3) is 3.14. The van der Waals surface area contributed by atoms with E-state index in [0.717, 1.165) is 10.6 Å². The van der Waals surface area contributed by atoms with Crippen LogP contribution in [-0.4, -0.2) is 26.2 Å². The van der Waals surface area contributed by atoms with Crippen molar-refractivity contribution < 1.29 is 9.00 Å². The minimum absolute atomic E-state index is 0.196. The van der Waals surface area contributed by atoms with Crippen molar-refractivity contribution in [2.24, 2.45) is 0 Å². The summed E-state index contributed by atoms with van der Waals surface area (Å²) in [5, 5.41) is 7.06. The molecule has 106 valence electrons. The van der Waals surface area contributed by atoms with Crippen molar-refractivity contribution >= 4 is 22.4 Å². The van der Waals surface area contributed by atoms with Crippen LogP contribution in [0.25, 0.3) is 0 Å². The molecule has 1 atom stereocenters. The molecule has 1 aromatic heterocycles. The van der Waals surface area contributed by atoms with E-state index in [1.807, 2.05) is 13.8 Å². The molecule has 5 nitrogen and oxygen atoms in total. The van der Waals surface area contributed by atoms with Crippen LogP contribution in [0.2, 0.25) is 0 Å². The predicted octanol–water partition coefficient (Wildman–Crippen LogP) is 2.20. The number of nitrogens with zero attached hydrogens (tertiary/aromatic N) is 2. The van der Waals surface area contributed by atoms with E-state index >= 15 is 0 Å². The lowest BCUT2D eigenvalue weighted by atomic mass is 10.3. The first-order chi connectivity index (χ1) is 9.51. The molecule has 20 heavy (non-hydrogen) atoms. The maximum Gasteiger partial charge on any atom is 0.273 e. The van der Waals surface area contributed by atoms with Crippen molar-refractivity contribution in [3.8, 4) is 0 Å². The van der Waals surface area contributed by atoms with E-state index < -0.39 is 10.8 Å². The summed E-state index contributed by atoms with van der Waals surface area (Å²) in [5.74, 6) is -0.196. The fourth-order valence-electron chi connectivity index (χ4n) is 1.89. The molecule has 0 saturated heterocycles. The Morgan fingerprint density at radius 1 is 1.35 bits per heavy atom. The quantitative estimate of drug-likeness (QED) is 0.939. The van der Waals surface area contributed by atoms with Crippen LogP contribution < -0.4 is 5.32 Å². The summed E-state index contributed by atoms with van der Waals surface area (Å²) < 4.78 is 13.0. The molecular weight excluding hydrogens is 274 g/mol. The molecule has 0 saturated carbocycles. The van der Waals surface area contributed by atoms with Gasteiger partial charge in [0.25, 0.3) is 5.91 Å². The highest BCUT2D eigenvalue weighted by Gasteiger charge is 2.13. The number of anilines is 1. The number of aromatic nitrogens is 2. The zero-order valence-electron chi connectivity index (χ0n) is 11.7. The Kier molecular flexibility index (Phi) is 4.34. The standard InChI is InChI=1S/C14H17N3O2S/c1-4-17-13(9-10(2)16-17)14(18)15-11-5-7-12(8-6-11)20(3)19/h5-9H,4H2,1-3H3,(H,15,18). The summed E-state index contributed by atoms with van der Waals surface area (Å²) in [6.07, 6.45) is 1.62. The molecule has 1 aromatic carbocycles. The number of rotatable bonds is 4. The lowest BCUT2D eigenvalue weighted by molar-refractivity contribution is 0.101. The molecule has 2 rings (SSSR count). The highest BCUT2D eigenvalue weighted by molar-refractivity contribution is 7.84. The molecule has 0 aliphatic rings. The van der Waals surface area contributed by atoms with Crippen molar-refractivity contribution in [1.29, 1.82) is 0 Å². The van der Waals surface area contributed by atoms with Gasteiger partial charge in [-0.1, -0.05) is 0 Å². The van der Waals surface area contributed by atoms with Gasteiger partial charge in [0.2, 0.25) is 0 Å². The second kappa shape index (κ2) is 6.00. The molecule has 6 heteroatoms. The van der Waals surface area contributed by atoms with E-state index in [1.54, 1.807) is 41.3 Å².